The van der Waals surface area contributed by atoms with E-state index in [1.165, 1.54) is 0 Å². The highest BCUT2D eigenvalue weighted by Crippen LogP contribution is 2.29. The van der Waals surface area contributed by atoms with Gasteiger partial charge in [-0.3, -0.25) is 4.79 Å². The van der Waals surface area contributed by atoms with Crippen LogP contribution in [0.2, 0.25) is 5.02 Å². The minimum Gasteiger partial charge on any atom is -0.471 e. The molecule has 0 aliphatic carbocycles. The molecule has 1 N–H and O–H groups in total. The number of carbonyl (C=O) groups is 2. The molecule has 6 nitrogen and oxygen atoms in total. The Labute approximate surface area is 185 Å². The molecule has 1 saturated heterocycles. The SMILES string of the molecule is O=CCc1cc(C(=O)Nc2ccccc2)ccc1N1CC[C@H](Oc2ncccc2Cl)C1. The van der Waals surface area contributed by atoms with Crippen molar-refractivity contribution in [3.63, 3.8) is 0 Å². The summed E-state index contributed by atoms with van der Waals surface area (Å²) in [6.45, 7) is 1.42. The fraction of sp³-hybridized carbons (Fsp3) is 0.208. The number of pyridine rings is 1. The molecule has 2 aromatic carbocycles. The quantitative estimate of drug-likeness (QED) is 0.557. The molecule has 7 heteroatoms. The summed E-state index contributed by atoms with van der Waals surface area (Å²) in [7, 11) is 0. The Morgan fingerprint density at radius 3 is 2.81 bits per heavy atom. The van der Waals surface area contributed by atoms with Crippen molar-refractivity contribution in [3.05, 3.63) is 83.0 Å². The first kappa shape index (κ1) is 20.9. The van der Waals surface area contributed by atoms with E-state index in [1.807, 2.05) is 36.4 Å². The molecule has 1 amide bonds. The Balaban J connectivity index is 1.48. The van der Waals surface area contributed by atoms with E-state index in [9.17, 15) is 9.59 Å². The summed E-state index contributed by atoms with van der Waals surface area (Å²) < 4.78 is 5.97. The van der Waals surface area contributed by atoms with Crippen molar-refractivity contribution < 1.29 is 14.3 Å². The van der Waals surface area contributed by atoms with Gasteiger partial charge in [-0.05, 0) is 48.0 Å². The van der Waals surface area contributed by atoms with Crippen molar-refractivity contribution >= 4 is 35.2 Å². The van der Waals surface area contributed by atoms with Gasteiger partial charge >= 0.3 is 0 Å². The van der Waals surface area contributed by atoms with E-state index in [0.29, 0.717) is 23.0 Å². The van der Waals surface area contributed by atoms with Crippen molar-refractivity contribution in [1.82, 2.24) is 4.98 Å². The zero-order valence-corrected chi connectivity index (χ0v) is 17.6. The third-order valence-corrected chi connectivity index (χ3v) is 5.45. The highest BCUT2D eigenvalue weighted by molar-refractivity contribution is 6.31. The van der Waals surface area contributed by atoms with E-state index in [-0.39, 0.29) is 18.4 Å². The van der Waals surface area contributed by atoms with Gasteiger partial charge < -0.3 is 19.7 Å². The smallest absolute Gasteiger partial charge is 0.255 e. The molecule has 31 heavy (non-hydrogen) atoms. The average molecular weight is 436 g/mol. The second kappa shape index (κ2) is 9.62. The van der Waals surface area contributed by atoms with Gasteiger partial charge in [0.1, 0.15) is 17.4 Å². The summed E-state index contributed by atoms with van der Waals surface area (Å²) in [5, 5.41) is 3.36. The molecule has 1 aliphatic heterocycles. The number of carbonyl (C=O) groups excluding carboxylic acids is 2. The molecule has 0 unspecified atom stereocenters. The van der Waals surface area contributed by atoms with Crippen LogP contribution in [0.4, 0.5) is 11.4 Å². The van der Waals surface area contributed by atoms with Crippen molar-refractivity contribution in [1.29, 1.82) is 0 Å². The van der Waals surface area contributed by atoms with Crippen molar-refractivity contribution in [2.45, 2.75) is 18.9 Å². The van der Waals surface area contributed by atoms with Gasteiger partial charge in [0, 0.05) is 42.5 Å². The molecule has 1 atom stereocenters. The van der Waals surface area contributed by atoms with Gasteiger partial charge in [-0.25, -0.2) is 4.98 Å². The van der Waals surface area contributed by atoms with Crippen LogP contribution in [0, 0.1) is 0 Å². The lowest BCUT2D eigenvalue weighted by Crippen LogP contribution is -2.26. The van der Waals surface area contributed by atoms with Gasteiger partial charge in [0.25, 0.3) is 5.91 Å². The average Bonchev–Trinajstić information content (AvgIpc) is 3.24. The number of hydrogen-bond donors (Lipinski definition) is 1. The van der Waals surface area contributed by atoms with E-state index in [0.717, 1.165) is 36.2 Å². The Kier molecular flexibility index (Phi) is 6.48. The Hall–Kier alpha value is -3.38. The number of nitrogens with one attached hydrogen (secondary N) is 1. The minimum atomic E-state index is -0.211. The lowest BCUT2D eigenvalue weighted by atomic mass is 10.0. The predicted molar refractivity (Wildman–Crippen MR) is 121 cm³/mol. The van der Waals surface area contributed by atoms with E-state index in [1.54, 1.807) is 30.5 Å². The molecule has 3 aromatic rings. The Morgan fingerprint density at radius 1 is 1.19 bits per heavy atom. The van der Waals surface area contributed by atoms with E-state index >= 15 is 0 Å². The molecule has 0 bridgehead atoms. The maximum atomic E-state index is 12.6. The topological polar surface area (TPSA) is 71.5 Å². The van der Waals surface area contributed by atoms with Crippen molar-refractivity contribution in [3.8, 4) is 5.88 Å². The van der Waals surface area contributed by atoms with Crippen LogP contribution in [0.25, 0.3) is 0 Å². The maximum Gasteiger partial charge on any atom is 0.255 e. The molecule has 0 saturated carbocycles. The normalized spacial score (nSPS) is 15.5. The third kappa shape index (κ3) is 5.03. The highest BCUT2D eigenvalue weighted by Gasteiger charge is 2.27. The summed E-state index contributed by atoms with van der Waals surface area (Å²) in [6, 6.07) is 18.2. The second-order valence-corrected chi connectivity index (χ2v) is 7.71. The summed E-state index contributed by atoms with van der Waals surface area (Å²) in [4.78, 5) is 30.3. The molecule has 4 rings (SSSR count). The number of rotatable bonds is 7. The molecule has 158 valence electrons. The van der Waals surface area contributed by atoms with Crippen LogP contribution in [0.1, 0.15) is 22.3 Å². The molecule has 0 radical (unpaired) electrons. The molecular formula is C24H22ClN3O3. The van der Waals surface area contributed by atoms with Gasteiger partial charge in [0.05, 0.1) is 6.54 Å². The number of anilines is 2. The van der Waals surface area contributed by atoms with Crippen molar-refractivity contribution in [2.75, 3.05) is 23.3 Å². The van der Waals surface area contributed by atoms with Gasteiger partial charge in [0.15, 0.2) is 0 Å². The van der Waals surface area contributed by atoms with Crippen LogP contribution in [-0.4, -0.2) is 36.4 Å². The maximum absolute atomic E-state index is 12.6. The van der Waals surface area contributed by atoms with Crippen LogP contribution in [-0.2, 0) is 11.2 Å². The number of hydrogen-bond acceptors (Lipinski definition) is 5. The molecule has 0 spiro atoms. The number of nitrogens with zero attached hydrogens (tertiary/aromatic N) is 2. The van der Waals surface area contributed by atoms with Crippen LogP contribution in [0.15, 0.2) is 66.9 Å². The number of amides is 1. The molecule has 1 aromatic heterocycles. The van der Waals surface area contributed by atoms with Crippen LogP contribution in [0.3, 0.4) is 0 Å². The summed E-state index contributed by atoms with van der Waals surface area (Å²) in [5.41, 5.74) is 2.98. The lowest BCUT2D eigenvalue weighted by molar-refractivity contribution is -0.107. The fourth-order valence-electron chi connectivity index (χ4n) is 3.67. The van der Waals surface area contributed by atoms with E-state index in [2.05, 4.69) is 15.2 Å². The number of benzene rings is 2. The molecule has 1 fully saturated rings. The first-order valence-electron chi connectivity index (χ1n) is 10.1. The van der Waals surface area contributed by atoms with Gasteiger partial charge in [0.2, 0.25) is 5.88 Å². The summed E-state index contributed by atoms with van der Waals surface area (Å²) in [5.74, 6) is 0.217. The first-order chi connectivity index (χ1) is 15.1. The summed E-state index contributed by atoms with van der Waals surface area (Å²) >= 11 is 6.15. The molecule has 1 aliphatic rings. The van der Waals surface area contributed by atoms with E-state index in [4.69, 9.17) is 16.3 Å². The van der Waals surface area contributed by atoms with Gasteiger partial charge in [-0.2, -0.15) is 0 Å². The van der Waals surface area contributed by atoms with Crippen LogP contribution >= 0.6 is 11.6 Å². The molecule has 2 heterocycles. The number of aromatic nitrogens is 1. The lowest BCUT2D eigenvalue weighted by Gasteiger charge is -2.22. The number of para-hydroxylation sites is 1. The number of ether oxygens (including phenoxy) is 1. The molecular weight excluding hydrogens is 414 g/mol. The van der Waals surface area contributed by atoms with Gasteiger partial charge in [-0.1, -0.05) is 29.8 Å². The summed E-state index contributed by atoms with van der Waals surface area (Å²) in [6.07, 6.45) is 3.49. The first-order valence-corrected chi connectivity index (χ1v) is 10.5. The minimum absolute atomic E-state index is 0.0578. The van der Waals surface area contributed by atoms with Crippen LogP contribution in [0.5, 0.6) is 5.88 Å². The predicted octanol–water partition coefficient (Wildman–Crippen LogP) is 4.39. The van der Waals surface area contributed by atoms with Gasteiger partial charge in [-0.15, -0.1) is 0 Å². The zero-order valence-electron chi connectivity index (χ0n) is 16.8. The third-order valence-electron chi connectivity index (χ3n) is 5.17. The van der Waals surface area contributed by atoms with Crippen LogP contribution < -0.4 is 15.0 Å². The fourth-order valence-corrected chi connectivity index (χ4v) is 3.84. The highest BCUT2D eigenvalue weighted by atomic mass is 35.5. The van der Waals surface area contributed by atoms with E-state index < -0.39 is 0 Å². The second-order valence-electron chi connectivity index (χ2n) is 7.30. The zero-order chi connectivity index (χ0) is 21.6. The number of aldehydes is 1. The Bertz CT molecular complexity index is 1070. The largest absolute Gasteiger partial charge is 0.471 e. The standard InChI is InChI=1S/C24H22ClN3O3/c25-21-7-4-12-26-24(21)31-20-10-13-28(16-20)22-9-8-18(15-17(22)11-14-29)23(30)27-19-5-2-1-3-6-19/h1-9,12,14-15,20H,10-11,13,16H2,(H,27,30)/t20-/m0/s1. The Morgan fingerprint density at radius 2 is 2.03 bits per heavy atom. The number of halogens is 1. The monoisotopic (exact) mass is 435 g/mol. The van der Waals surface area contributed by atoms with Crippen molar-refractivity contribution in [2.24, 2.45) is 0 Å².